The van der Waals surface area contributed by atoms with E-state index in [0.29, 0.717) is 11.4 Å². The smallest absolute Gasteiger partial charge is 0.291 e. The average Bonchev–Trinajstić information content (AvgIpc) is 3.45. The van der Waals surface area contributed by atoms with Gasteiger partial charge in [-0.15, -0.1) is 11.3 Å². The van der Waals surface area contributed by atoms with Crippen molar-refractivity contribution in [2.45, 2.75) is 6.42 Å². The second-order valence-electron chi connectivity index (χ2n) is 5.89. The molecule has 0 radical (unpaired) electrons. The normalized spacial score (nSPS) is 10.6. The highest BCUT2D eigenvalue weighted by Crippen LogP contribution is 2.26. The molecule has 28 heavy (non-hydrogen) atoms. The van der Waals surface area contributed by atoms with Crippen LogP contribution in [0, 0.1) is 0 Å². The number of amides is 2. The number of furan rings is 1. The first-order chi connectivity index (χ1) is 13.7. The molecule has 4 aromatic rings. The Labute approximate surface area is 168 Å². The van der Waals surface area contributed by atoms with Crippen molar-refractivity contribution in [2.24, 2.45) is 0 Å². The van der Waals surface area contributed by atoms with Gasteiger partial charge in [-0.1, -0.05) is 0 Å². The fourth-order valence-corrected chi connectivity index (χ4v) is 4.05. The van der Waals surface area contributed by atoms with Crippen LogP contribution >= 0.6 is 22.7 Å². The van der Waals surface area contributed by atoms with Gasteiger partial charge < -0.3 is 15.1 Å². The Kier molecular flexibility index (Phi) is 5.31. The number of hydrogen-bond donors (Lipinski definition) is 2. The molecule has 0 spiro atoms. The molecule has 0 fully saturated rings. The summed E-state index contributed by atoms with van der Waals surface area (Å²) in [5.74, 6) is -0.233. The van der Waals surface area contributed by atoms with E-state index >= 15 is 0 Å². The van der Waals surface area contributed by atoms with Crippen LogP contribution in [0.2, 0.25) is 0 Å². The van der Waals surface area contributed by atoms with E-state index in [1.54, 1.807) is 47.7 Å². The Morgan fingerprint density at radius 3 is 2.46 bits per heavy atom. The number of hydrogen-bond acceptors (Lipinski definition) is 6. The van der Waals surface area contributed by atoms with Gasteiger partial charge in [0.15, 0.2) is 5.76 Å². The average molecular weight is 409 g/mol. The molecule has 0 unspecified atom stereocenters. The van der Waals surface area contributed by atoms with E-state index in [-0.39, 0.29) is 24.0 Å². The van der Waals surface area contributed by atoms with Crippen molar-refractivity contribution in [3.63, 3.8) is 0 Å². The maximum absolute atomic E-state index is 12.3. The number of anilines is 2. The van der Waals surface area contributed by atoms with Crippen LogP contribution < -0.4 is 10.6 Å². The predicted octanol–water partition coefficient (Wildman–Crippen LogP) is 4.90. The van der Waals surface area contributed by atoms with Gasteiger partial charge in [0.25, 0.3) is 5.91 Å². The number of nitrogens with one attached hydrogen (secondary N) is 2. The number of rotatable bonds is 6. The Morgan fingerprint density at radius 2 is 1.79 bits per heavy atom. The Morgan fingerprint density at radius 1 is 1.00 bits per heavy atom. The Bertz CT molecular complexity index is 1070. The standard InChI is InChI=1S/C20H15N3O3S2/c24-18(10-16-12-28-20(23-16)13-7-9-27-11-13)21-14-3-5-15(6-4-14)22-19(25)17-2-1-8-26-17/h1-9,11-12H,10H2,(H,21,24)(H,22,25). The fourth-order valence-electron chi connectivity index (χ4n) is 2.51. The van der Waals surface area contributed by atoms with Gasteiger partial charge in [0.1, 0.15) is 5.01 Å². The Hall–Kier alpha value is -3.23. The van der Waals surface area contributed by atoms with Crippen molar-refractivity contribution in [1.82, 2.24) is 4.98 Å². The first kappa shape index (κ1) is 18.1. The lowest BCUT2D eigenvalue weighted by molar-refractivity contribution is -0.115. The second-order valence-corrected chi connectivity index (χ2v) is 7.53. The second kappa shape index (κ2) is 8.20. The summed E-state index contributed by atoms with van der Waals surface area (Å²) < 4.78 is 5.05. The highest BCUT2D eigenvalue weighted by atomic mass is 32.1. The third kappa shape index (κ3) is 4.36. The number of nitrogens with zero attached hydrogens (tertiary/aromatic N) is 1. The molecular formula is C20H15N3O3S2. The van der Waals surface area contributed by atoms with Gasteiger partial charge in [0.05, 0.1) is 18.4 Å². The third-order valence-electron chi connectivity index (χ3n) is 3.83. The van der Waals surface area contributed by atoms with Gasteiger partial charge in [0, 0.05) is 27.7 Å². The minimum Gasteiger partial charge on any atom is -0.459 e. The largest absolute Gasteiger partial charge is 0.459 e. The van der Waals surface area contributed by atoms with Crippen molar-refractivity contribution in [3.05, 3.63) is 76.3 Å². The van der Waals surface area contributed by atoms with Crippen molar-refractivity contribution >= 4 is 45.9 Å². The number of thiazole rings is 1. The zero-order valence-electron chi connectivity index (χ0n) is 14.5. The van der Waals surface area contributed by atoms with Crippen molar-refractivity contribution in [1.29, 1.82) is 0 Å². The fraction of sp³-hybridized carbons (Fsp3) is 0.0500. The van der Waals surface area contributed by atoms with Crippen LogP contribution in [-0.2, 0) is 11.2 Å². The number of carbonyl (C=O) groups is 2. The van der Waals surface area contributed by atoms with Crippen LogP contribution in [-0.4, -0.2) is 16.8 Å². The minimum atomic E-state index is -0.327. The summed E-state index contributed by atoms with van der Waals surface area (Å²) >= 11 is 3.15. The number of benzene rings is 1. The number of thiophene rings is 1. The SMILES string of the molecule is O=C(Cc1csc(-c2ccsc2)n1)Nc1ccc(NC(=O)c2ccco2)cc1. The van der Waals surface area contributed by atoms with E-state index in [1.807, 2.05) is 22.2 Å². The highest BCUT2D eigenvalue weighted by Gasteiger charge is 2.11. The molecule has 3 aromatic heterocycles. The van der Waals surface area contributed by atoms with Gasteiger partial charge >= 0.3 is 0 Å². The van der Waals surface area contributed by atoms with E-state index in [1.165, 1.54) is 17.6 Å². The van der Waals surface area contributed by atoms with Crippen LogP contribution in [0.15, 0.2) is 69.3 Å². The maximum atomic E-state index is 12.3. The molecule has 0 atom stereocenters. The summed E-state index contributed by atoms with van der Waals surface area (Å²) in [5.41, 5.74) is 3.08. The molecule has 0 saturated heterocycles. The molecule has 2 N–H and O–H groups in total. The van der Waals surface area contributed by atoms with Crippen LogP contribution in [0.5, 0.6) is 0 Å². The van der Waals surface area contributed by atoms with Crippen LogP contribution in [0.1, 0.15) is 16.2 Å². The van der Waals surface area contributed by atoms with Crippen molar-refractivity contribution in [2.75, 3.05) is 10.6 Å². The lowest BCUT2D eigenvalue weighted by Crippen LogP contribution is -2.15. The number of carbonyl (C=O) groups excluding carboxylic acids is 2. The van der Waals surface area contributed by atoms with E-state index in [2.05, 4.69) is 15.6 Å². The van der Waals surface area contributed by atoms with Gasteiger partial charge in [-0.05, 0) is 47.8 Å². The number of aromatic nitrogens is 1. The molecule has 2 amide bonds. The lowest BCUT2D eigenvalue weighted by atomic mass is 10.2. The molecule has 3 heterocycles. The molecule has 1 aromatic carbocycles. The van der Waals surface area contributed by atoms with Gasteiger partial charge in [0.2, 0.25) is 5.91 Å². The molecule has 0 aliphatic heterocycles. The molecule has 0 aliphatic rings. The zero-order chi connectivity index (χ0) is 19.3. The molecular weight excluding hydrogens is 394 g/mol. The van der Waals surface area contributed by atoms with Crippen molar-refractivity contribution in [3.8, 4) is 10.6 Å². The highest BCUT2D eigenvalue weighted by molar-refractivity contribution is 7.14. The molecule has 0 saturated carbocycles. The zero-order valence-corrected chi connectivity index (χ0v) is 16.2. The monoisotopic (exact) mass is 409 g/mol. The van der Waals surface area contributed by atoms with E-state index in [4.69, 9.17) is 4.42 Å². The molecule has 0 bridgehead atoms. The third-order valence-corrected chi connectivity index (χ3v) is 5.46. The van der Waals surface area contributed by atoms with Gasteiger partial charge in [-0.2, -0.15) is 11.3 Å². The van der Waals surface area contributed by atoms with E-state index in [0.717, 1.165) is 16.3 Å². The summed E-state index contributed by atoms with van der Waals surface area (Å²) in [5, 5.41) is 12.4. The van der Waals surface area contributed by atoms with Crippen LogP contribution in [0.4, 0.5) is 11.4 Å². The molecule has 8 heteroatoms. The topological polar surface area (TPSA) is 84.2 Å². The predicted molar refractivity (Wildman–Crippen MR) is 111 cm³/mol. The molecule has 140 valence electrons. The maximum Gasteiger partial charge on any atom is 0.291 e. The summed E-state index contributed by atoms with van der Waals surface area (Å²) in [6.45, 7) is 0. The van der Waals surface area contributed by atoms with Crippen LogP contribution in [0.3, 0.4) is 0 Å². The minimum absolute atomic E-state index is 0.144. The van der Waals surface area contributed by atoms with E-state index in [9.17, 15) is 9.59 Å². The summed E-state index contributed by atoms with van der Waals surface area (Å²) in [6, 6.07) is 12.1. The summed E-state index contributed by atoms with van der Waals surface area (Å²) in [4.78, 5) is 28.7. The molecule has 4 rings (SSSR count). The van der Waals surface area contributed by atoms with Gasteiger partial charge in [-0.3, -0.25) is 9.59 Å². The first-order valence-electron chi connectivity index (χ1n) is 8.39. The quantitative estimate of drug-likeness (QED) is 0.474. The van der Waals surface area contributed by atoms with Crippen molar-refractivity contribution < 1.29 is 14.0 Å². The molecule has 0 aliphatic carbocycles. The van der Waals surface area contributed by atoms with Crippen LogP contribution in [0.25, 0.3) is 10.6 Å². The Balaban J connectivity index is 1.33. The van der Waals surface area contributed by atoms with Gasteiger partial charge in [-0.25, -0.2) is 4.98 Å². The summed E-state index contributed by atoms with van der Waals surface area (Å²) in [7, 11) is 0. The first-order valence-corrected chi connectivity index (χ1v) is 10.2. The van der Waals surface area contributed by atoms with E-state index < -0.39 is 0 Å². The molecule has 6 nitrogen and oxygen atoms in total. The summed E-state index contributed by atoms with van der Waals surface area (Å²) in [6.07, 6.45) is 1.65. The lowest BCUT2D eigenvalue weighted by Gasteiger charge is -2.07.